The minimum atomic E-state index is -0.864. The number of halogens is 1. The Morgan fingerprint density at radius 1 is 1.05 bits per heavy atom. The summed E-state index contributed by atoms with van der Waals surface area (Å²) in [5.74, 6) is -0.864. The van der Waals surface area contributed by atoms with Crippen molar-refractivity contribution in [1.82, 2.24) is 0 Å². The van der Waals surface area contributed by atoms with E-state index < -0.39 is 5.97 Å². The van der Waals surface area contributed by atoms with Gasteiger partial charge in [-0.3, -0.25) is 4.79 Å². The van der Waals surface area contributed by atoms with Gasteiger partial charge in [-0.15, -0.1) is 0 Å². The van der Waals surface area contributed by atoms with Crippen molar-refractivity contribution in [2.24, 2.45) is 0 Å². The van der Waals surface area contributed by atoms with E-state index in [9.17, 15) is 4.79 Å². The summed E-state index contributed by atoms with van der Waals surface area (Å²) >= 11 is 5.95. The molecule has 1 N–H and O–H groups in total. The van der Waals surface area contributed by atoms with Crippen molar-refractivity contribution in [2.75, 3.05) is 0 Å². The van der Waals surface area contributed by atoms with Crippen molar-refractivity contribution < 1.29 is 14.6 Å². The molecule has 2 rings (SSSR count). The first kappa shape index (κ1) is 14.6. The van der Waals surface area contributed by atoms with Gasteiger partial charge in [0, 0.05) is 5.02 Å². The number of carboxylic acids is 1. The number of aliphatic carboxylic acids is 1. The van der Waals surface area contributed by atoms with Crippen LogP contribution in [0.1, 0.15) is 16.7 Å². The molecular weight excluding hydrogens is 276 g/mol. The maximum Gasteiger partial charge on any atom is 0.307 e. The Balaban J connectivity index is 2.01. The standard InChI is InChI=1S/C16H15ClO3/c17-15-7-6-13(9-16(18)19)14(8-15)11-20-10-12-4-2-1-3-5-12/h1-8H,9-11H2,(H,18,19). The van der Waals surface area contributed by atoms with Gasteiger partial charge in [-0.1, -0.05) is 48.0 Å². The third kappa shape index (κ3) is 4.37. The Morgan fingerprint density at radius 3 is 2.50 bits per heavy atom. The molecule has 20 heavy (non-hydrogen) atoms. The summed E-state index contributed by atoms with van der Waals surface area (Å²) in [6.07, 6.45) is -0.0266. The lowest BCUT2D eigenvalue weighted by atomic mass is 10.1. The molecule has 0 aromatic heterocycles. The molecule has 0 aliphatic heterocycles. The highest BCUT2D eigenvalue weighted by Crippen LogP contribution is 2.18. The predicted octanol–water partition coefficient (Wildman–Crippen LogP) is 3.68. The molecule has 0 atom stereocenters. The lowest BCUT2D eigenvalue weighted by Crippen LogP contribution is -2.05. The molecule has 0 spiro atoms. The van der Waals surface area contributed by atoms with Crippen molar-refractivity contribution in [3.8, 4) is 0 Å². The van der Waals surface area contributed by atoms with Gasteiger partial charge in [0.2, 0.25) is 0 Å². The zero-order valence-electron chi connectivity index (χ0n) is 10.9. The zero-order valence-corrected chi connectivity index (χ0v) is 11.6. The van der Waals surface area contributed by atoms with Crippen LogP contribution >= 0.6 is 11.6 Å². The van der Waals surface area contributed by atoms with Gasteiger partial charge in [-0.25, -0.2) is 0 Å². The third-order valence-electron chi connectivity index (χ3n) is 2.88. The fourth-order valence-electron chi connectivity index (χ4n) is 1.92. The Morgan fingerprint density at radius 2 is 1.80 bits per heavy atom. The molecule has 0 saturated carbocycles. The molecule has 0 aliphatic carbocycles. The topological polar surface area (TPSA) is 46.5 Å². The molecule has 0 radical (unpaired) electrons. The molecule has 0 unspecified atom stereocenters. The molecule has 2 aromatic carbocycles. The number of rotatable bonds is 6. The van der Waals surface area contributed by atoms with E-state index in [0.29, 0.717) is 18.2 Å². The van der Waals surface area contributed by atoms with E-state index >= 15 is 0 Å². The van der Waals surface area contributed by atoms with E-state index in [-0.39, 0.29) is 6.42 Å². The summed E-state index contributed by atoms with van der Waals surface area (Å²) in [4.78, 5) is 10.8. The van der Waals surface area contributed by atoms with Gasteiger partial charge in [-0.2, -0.15) is 0 Å². The lowest BCUT2D eigenvalue weighted by molar-refractivity contribution is -0.136. The molecule has 0 bridgehead atoms. The lowest BCUT2D eigenvalue weighted by Gasteiger charge is -2.09. The highest BCUT2D eigenvalue weighted by molar-refractivity contribution is 6.30. The second kappa shape index (κ2) is 7.08. The third-order valence-corrected chi connectivity index (χ3v) is 3.11. The second-order valence-corrected chi connectivity index (χ2v) is 4.90. The van der Waals surface area contributed by atoms with Crippen molar-refractivity contribution in [1.29, 1.82) is 0 Å². The number of hydrogen-bond acceptors (Lipinski definition) is 2. The first-order chi connectivity index (χ1) is 9.65. The number of ether oxygens (including phenoxy) is 1. The fourth-order valence-corrected chi connectivity index (χ4v) is 2.11. The summed E-state index contributed by atoms with van der Waals surface area (Å²) in [6.45, 7) is 0.831. The van der Waals surface area contributed by atoms with Gasteiger partial charge in [0.1, 0.15) is 0 Å². The van der Waals surface area contributed by atoms with Crippen LogP contribution in [0.15, 0.2) is 48.5 Å². The molecule has 0 heterocycles. The second-order valence-electron chi connectivity index (χ2n) is 4.46. The van der Waals surface area contributed by atoms with Crippen LogP contribution in [-0.2, 0) is 29.2 Å². The zero-order chi connectivity index (χ0) is 14.4. The van der Waals surface area contributed by atoms with Crippen molar-refractivity contribution in [3.63, 3.8) is 0 Å². The van der Waals surface area contributed by atoms with Crippen LogP contribution in [0.3, 0.4) is 0 Å². The van der Waals surface area contributed by atoms with E-state index in [2.05, 4.69) is 0 Å². The number of benzene rings is 2. The summed E-state index contributed by atoms with van der Waals surface area (Å²) in [6, 6.07) is 15.0. The van der Waals surface area contributed by atoms with Gasteiger partial charge < -0.3 is 9.84 Å². The van der Waals surface area contributed by atoms with E-state index in [4.69, 9.17) is 21.4 Å². The summed E-state index contributed by atoms with van der Waals surface area (Å²) < 4.78 is 5.63. The molecule has 4 heteroatoms. The molecule has 0 aliphatic rings. The number of carboxylic acid groups (broad SMARTS) is 1. The smallest absolute Gasteiger partial charge is 0.307 e. The van der Waals surface area contributed by atoms with Crippen molar-refractivity contribution in [2.45, 2.75) is 19.6 Å². The predicted molar refractivity (Wildman–Crippen MR) is 77.7 cm³/mol. The molecule has 0 fully saturated rings. The summed E-state index contributed by atoms with van der Waals surface area (Å²) in [5, 5.41) is 9.47. The van der Waals surface area contributed by atoms with Gasteiger partial charge in [0.25, 0.3) is 0 Å². The number of hydrogen-bond donors (Lipinski definition) is 1. The van der Waals surface area contributed by atoms with Crippen LogP contribution in [0, 0.1) is 0 Å². The Labute approximate surface area is 122 Å². The van der Waals surface area contributed by atoms with Crippen LogP contribution in [0.2, 0.25) is 5.02 Å². The van der Waals surface area contributed by atoms with Crippen molar-refractivity contribution in [3.05, 3.63) is 70.2 Å². The average Bonchev–Trinajstić information content (AvgIpc) is 2.42. The van der Waals surface area contributed by atoms with E-state index in [0.717, 1.165) is 16.7 Å². The maximum absolute atomic E-state index is 10.8. The van der Waals surface area contributed by atoms with Crippen LogP contribution < -0.4 is 0 Å². The van der Waals surface area contributed by atoms with Crippen LogP contribution in [-0.4, -0.2) is 11.1 Å². The molecule has 2 aromatic rings. The normalized spacial score (nSPS) is 10.4. The molecule has 104 valence electrons. The monoisotopic (exact) mass is 290 g/mol. The molecular formula is C16H15ClO3. The Kier molecular flexibility index (Phi) is 5.16. The van der Waals surface area contributed by atoms with Crippen LogP contribution in [0.5, 0.6) is 0 Å². The molecule has 0 saturated heterocycles. The first-order valence-corrected chi connectivity index (χ1v) is 6.63. The van der Waals surface area contributed by atoms with Crippen LogP contribution in [0.25, 0.3) is 0 Å². The van der Waals surface area contributed by atoms with E-state index in [1.54, 1.807) is 18.2 Å². The average molecular weight is 291 g/mol. The number of carbonyl (C=O) groups is 1. The van der Waals surface area contributed by atoms with E-state index in [1.165, 1.54) is 0 Å². The highest BCUT2D eigenvalue weighted by atomic mass is 35.5. The van der Waals surface area contributed by atoms with Gasteiger partial charge in [0.05, 0.1) is 19.6 Å². The first-order valence-electron chi connectivity index (χ1n) is 6.26. The minimum Gasteiger partial charge on any atom is -0.481 e. The van der Waals surface area contributed by atoms with Crippen LogP contribution in [0.4, 0.5) is 0 Å². The Hall–Kier alpha value is -1.84. The van der Waals surface area contributed by atoms with Gasteiger partial charge >= 0.3 is 5.97 Å². The largest absolute Gasteiger partial charge is 0.481 e. The molecule has 3 nitrogen and oxygen atoms in total. The van der Waals surface area contributed by atoms with E-state index in [1.807, 2.05) is 30.3 Å². The highest BCUT2D eigenvalue weighted by Gasteiger charge is 2.08. The SMILES string of the molecule is O=C(O)Cc1ccc(Cl)cc1COCc1ccccc1. The minimum absolute atomic E-state index is 0.0266. The molecule has 0 amide bonds. The maximum atomic E-state index is 10.8. The fraction of sp³-hybridized carbons (Fsp3) is 0.188. The van der Waals surface area contributed by atoms with Crippen molar-refractivity contribution >= 4 is 17.6 Å². The summed E-state index contributed by atoms with van der Waals surface area (Å²) in [5.41, 5.74) is 2.63. The summed E-state index contributed by atoms with van der Waals surface area (Å²) in [7, 11) is 0. The van der Waals surface area contributed by atoms with Gasteiger partial charge in [0.15, 0.2) is 0 Å². The van der Waals surface area contributed by atoms with Gasteiger partial charge in [-0.05, 0) is 28.8 Å². The Bertz CT molecular complexity index is 582. The quantitative estimate of drug-likeness (QED) is 0.882.